The monoisotopic (exact) mass is 209 g/mol. The van der Waals surface area contributed by atoms with Crippen LogP contribution in [0, 0.1) is 6.92 Å². The van der Waals surface area contributed by atoms with Crippen molar-refractivity contribution >= 4 is 0 Å². The molecule has 2 N–H and O–H groups in total. The fourth-order valence-corrected chi connectivity index (χ4v) is 1.14. The lowest BCUT2D eigenvalue weighted by molar-refractivity contribution is 0.122. The first kappa shape index (κ1) is 12.0. The highest BCUT2D eigenvalue weighted by atomic mass is 16.5. The van der Waals surface area contributed by atoms with Crippen molar-refractivity contribution in [3.05, 3.63) is 29.8 Å². The molecule has 84 valence electrons. The van der Waals surface area contributed by atoms with E-state index in [2.05, 4.69) is 5.32 Å². The van der Waals surface area contributed by atoms with E-state index in [0.29, 0.717) is 6.61 Å². The molecule has 3 heteroatoms. The normalized spacial score (nSPS) is 14.7. The van der Waals surface area contributed by atoms with Crippen LogP contribution in [0.25, 0.3) is 0 Å². The zero-order chi connectivity index (χ0) is 11.3. The van der Waals surface area contributed by atoms with Gasteiger partial charge in [0.15, 0.2) is 0 Å². The second-order valence-electron chi connectivity index (χ2n) is 4.07. The predicted molar refractivity (Wildman–Crippen MR) is 61.2 cm³/mol. The van der Waals surface area contributed by atoms with E-state index >= 15 is 0 Å². The van der Waals surface area contributed by atoms with E-state index in [1.165, 1.54) is 5.56 Å². The molecule has 1 aromatic rings. The first-order valence-electron chi connectivity index (χ1n) is 5.09. The minimum Gasteiger partial charge on any atom is -0.492 e. The number of nitrogens with one attached hydrogen (secondary N) is 1. The van der Waals surface area contributed by atoms with E-state index < -0.39 is 0 Å². The van der Waals surface area contributed by atoms with Crippen LogP contribution in [0.4, 0.5) is 0 Å². The Hall–Kier alpha value is -1.06. The number of aliphatic hydroxyl groups is 1. The first-order valence-corrected chi connectivity index (χ1v) is 5.09. The molecular formula is C12H19NO2. The molecular weight excluding hydrogens is 190 g/mol. The maximum Gasteiger partial charge on any atom is 0.119 e. The van der Waals surface area contributed by atoms with Crippen molar-refractivity contribution in [3.63, 3.8) is 0 Å². The fraction of sp³-hybridized carbons (Fsp3) is 0.500. The summed E-state index contributed by atoms with van der Waals surface area (Å²) in [6, 6.07) is 7.88. The molecule has 0 fully saturated rings. The second kappa shape index (κ2) is 5.14. The Labute approximate surface area is 91.1 Å². The lowest BCUT2D eigenvalue weighted by Gasteiger charge is -2.26. The second-order valence-corrected chi connectivity index (χ2v) is 4.07. The molecule has 1 atom stereocenters. The third-order valence-electron chi connectivity index (χ3n) is 2.50. The Kier molecular flexibility index (Phi) is 4.12. The highest BCUT2D eigenvalue weighted by molar-refractivity contribution is 5.27. The van der Waals surface area contributed by atoms with Crippen LogP contribution in [-0.2, 0) is 0 Å². The molecule has 0 heterocycles. The summed E-state index contributed by atoms with van der Waals surface area (Å²) >= 11 is 0. The molecule has 0 spiro atoms. The molecule has 3 nitrogen and oxygen atoms in total. The average molecular weight is 209 g/mol. The van der Waals surface area contributed by atoms with E-state index in [1.807, 2.05) is 45.2 Å². The Bertz CT molecular complexity index is 308. The van der Waals surface area contributed by atoms with Crippen molar-refractivity contribution in [2.45, 2.75) is 19.4 Å². The number of aliphatic hydroxyl groups excluding tert-OH is 1. The van der Waals surface area contributed by atoms with Gasteiger partial charge < -0.3 is 15.2 Å². The van der Waals surface area contributed by atoms with Crippen molar-refractivity contribution in [1.82, 2.24) is 5.32 Å². The zero-order valence-corrected chi connectivity index (χ0v) is 9.58. The van der Waals surface area contributed by atoms with Crippen molar-refractivity contribution in [2.24, 2.45) is 0 Å². The number of hydrogen-bond acceptors (Lipinski definition) is 3. The minimum atomic E-state index is -0.385. The van der Waals surface area contributed by atoms with Gasteiger partial charge in [-0.1, -0.05) is 12.1 Å². The summed E-state index contributed by atoms with van der Waals surface area (Å²) in [6.45, 7) is 4.44. The molecule has 0 saturated heterocycles. The van der Waals surface area contributed by atoms with Gasteiger partial charge in [-0.15, -0.1) is 0 Å². The Morgan fingerprint density at radius 1 is 1.47 bits per heavy atom. The summed E-state index contributed by atoms with van der Waals surface area (Å²) in [5, 5.41) is 12.2. The third kappa shape index (κ3) is 3.53. The lowest BCUT2D eigenvalue weighted by Crippen LogP contribution is -2.48. The molecule has 0 saturated carbocycles. The van der Waals surface area contributed by atoms with Crippen LogP contribution in [0.5, 0.6) is 5.75 Å². The Balaban J connectivity index is 2.56. The molecule has 0 aliphatic rings. The van der Waals surface area contributed by atoms with Crippen molar-refractivity contribution < 1.29 is 9.84 Å². The predicted octanol–water partition coefficient (Wildman–Crippen LogP) is 1.34. The van der Waals surface area contributed by atoms with Crippen LogP contribution >= 0.6 is 0 Å². The lowest BCUT2D eigenvalue weighted by atomic mass is 10.1. The highest BCUT2D eigenvalue weighted by Gasteiger charge is 2.21. The SMILES string of the molecule is CNC(C)(CO)COc1cccc(C)c1. The maximum atomic E-state index is 9.18. The van der Waals surface area contributed by atoms with Crippen LogP contribution in [0.3, 0.4) is 0 Å². The number of rotatable bonds is 5. The fourth-order valence-electron chi connectivity index (χ4n) is 1.14. The highest BCUT2D eigenvalue weighted by Crippen LogP contribution is 2.14. The topological polar surface area (TPSA) is 41.5 Å². The number of ether oxygens (including phenoxy) is 1. The third-order valence-corrected chi connectivity index (χ3v) is 2.50. The van der Waals surface area contributed by atoms with Gasteiger partial charge in [0.25, 0.3) is 0 Å². The van der Waals surface area contributed by atoms with Gasteiger partial charge in [0, 0.05) is 0 Å². The van der Waals surface area contributed by atoms with Crippen LogP contribution in [-0.4, -0.2) is 30.9 Å². The minimum absolute atomic E-state index is 0.0509. The maximum absolute atomic E-state index is 9.18. The van der Waals surface area contributed by atoms with Crippen LogP contribution in [0.1, 0.15) is 12.5 Å². The van der Waals surface area contributed by atoms with Crippen molar-refractivity contribution in [1.29, 1.82) is 0 Å². The molecule has 0 amide bonds. The van der Waals surface area contributed by atoms with Gasteiger partial charge in [0.1, 0.15) is 12.4 Å². The summed E-state index contributed by atoms with van der Waals surface area (Å²) in [7, 11) is 1.82. The average Bonchev–Trinajstić information content (AvgIpc) is 2.26. The Morgan fingerprint density at radius 3 is 2.73 bits per heavy atom. The molecule has 0 radical (unpaired) electrons. The largest absolute Gasteiger partial charge is 0.492 e. The van der Waals surface area contributed by atoms with E-state index in [4.69, 9.17) is 4.74 Å². The summed E-state index contributed by atoms with van der Waals surface area (Å²) in [5.74, 6) is 0.838. The van der Waals surface area contributed by atoms with Crippen molar-refractivity contribution in [3.8, 4) is 5.75 Å². The summed E-state index contributed by atoms with van der Waals surface area (Å²) in [5.41, 5.74) is 0.784. The molecule has 0 aromatic heterocycles. The van der Waals surface area contributed by atoms with Crippen LogP contribution < -0.4 is 10.1 Å². The zero-order valence-electron chi connectivity index (χ0n) is 9.58. The van der Waals surface area contributed by atoms with E-state index in [0.717, 1.165) is 5.75 Å². The number of likely N-dealkylation sites (N-methyl/N-ethyl adjacent to an activating group) is 1. The van der Waals surface area contributed by atoms with E-state index in [1.54, 1.807) is 0 Å². The van der Waals surface area contributed by atoms with Gasteiger partial charge in [0.2, 0.25) is 0 Å². The summed E-state index contributed by atoms with van der Waals surface area (Å²) < 4.78 is 5.61. The van der Waals surface area contributed by atoms with Gasteiger partial charge in [-0.05, 0) is 38.6 Å². The molecule has 0 bridgehead atoms. The number of aryl methyl sites for hydroxylation is 1. The van der Waals surface area contributed by atoms with Gasteiger partial charge in [-0.2, -0.15) is 0 Å². The van der Waals surface area contributed by atoms with Crippen molar-refractivity contribution in [2.75, 3.05) is 20.3 Å². The van der Waals surface area contributed by atoms with Gasteiger partial charge in [-0.3, -0.25) is 0 Å². The number of benzene rings is 1. The standard InChI is InChI=1S/C12H19NO2/c1-10-5-4-6-11(7-10)15-9-12(2,8-14)13-3/h4-7,13-14H,8-9H2,1-3H3. The quantitative estimate of drug-likeness (QED) is 0.769. The molecule has 15 heavy (non-hydrogen) atoms. The molecule has 1 aromatic carbocycles. The first-order chi connectivity index (χ1) is 7.09. The van der Waals surface area contributed by atoms with Gasteiger partial charge in [0.05, 0.1) is 12.1 Å². The van der Waals surface area contributed by atoms with Gasteiger partial charge >= 0.3 is 0 Å². The molecule has 0 aliphatic heterocycles. The summed E-state index contributed by atoms with van der Waals surface area (Å²) in [4.78, 5) is 0. The van der Waals surface area contributed by atoms with Crippen LogP contribution in [0.2, 0.25) is 0 Å². The van der Waals surface area contributed by atoms with E-state index in [-0.39, 0.29) is 12.1 Å². The molecule has 0 aliphatic carbocycles. The smallest absolute Gasteiger partial charge is 0.119 e. The number of hydrogen-bond donors (Lipinski definition) is 2. The summed E-state index contributed by atoms with van der Waals surface area (Å²) in [6.07, 6.45) is 0. The molecule has 1 rings (SSSR count). The van der Waals surface area contributed by atoms with Crippen LogP contribution in [0.15, 0.2) is 24.3 Å². The van der Waals surface area contributed by atoms with E-state index in [9.17, 15) is 5.11 Å². The Morgan fingerprint density at radius 2 is 2.20 bits per heavy atom. The molecule has 1 unspecified atom stereocenters. The van der Waals surface area contributed by atoms with Gasteiger partial charge in [-0.25, -0.2) is 0 Å².